The van der Waals surface area contributed by atoms with Gasteiger partial charge in [-0.25, -0.2) is 4.79 Å². The fourth-order valence-electron chi connectivity index (χ4n) is 1.35. The Kier molecular flexibility index (Phi) is 4.46. The van der Waals surface area contributed by atoms with E-state index in [2.05, 4.69) is 15.9 Å². The molecule has 5 heteroatoms. The third-order valence-electron chi connectivity index (χ3n) is 2.11. The van der Waals surface area contributed by atoms with E-state index in [1.807, 2.05) is 25.1 Å². The average molecular weight is 288 g/mol. The summed E-state index contributed by atoms with van der Waals surface area (Å²) in [5, 5.41) is 18.0. The van der Waals surface area contributed by atoms with Gasteiger partial charge >= 0.3 is 5.97 Å². The Morgan fingerprint density at radius 3 is 2.56 bits per heavy atom. The number of benzene rings is 1. The highest BCUT2D eigenvalue weighted by atomic mass is 79.9. The van der Waals surface area contributed by atoms with Gasteiger partial charge in [0.15, 0.2) is 6.10 Å². The van der Waals surface area contributed by atoms with Crippen molar-refractivity contribution in [1.82, 2.24) is 4.90 Å². The van der Waals surface area contributed by atoms with Crippen molar-refractivity contribution in [2.24, 2.45) is 0 Å². The fraction of sp³-hybridized carbons (Fsp3) is 0.364. The zero-order valence-corrected chi connectivity index (χ0v) is 10.7. The molecule has 2 N–H and O–H groups in total. The topological polar surface area (TPSA) is 60.8 Å². The maximum absolute atomic E-state index is 10.6. The van der Waals surface area contributed by atoms with Crippen molar-refractivity contribution in [1.29, 1.82) is 0 Å². The number of carbonyl (C=O) groups is 1. The summed E-state index contributed by atoms with van der Waals surface area (Å²) in [4.78, 5) is 12.6. The molecule has 1 rings (SSSR count). The highest BCUT2D eigenvalue weighted by molar-refractivity contribution is 9.10. The number of hydrogen-bond acceptors (Lipinski definition) is 3. The van der Waals surface area contributed by atoms with Gasteiger partial charge in [-0.3, -0.25) is 0 Å². The minimum Gasteiger partial charge on any atom is -0.479 e. The van der Waals surface area contributed by atoms with Gasteiger partial charge in [0.1, 0.15) is 0 Å². The second-order valence-corrected chi connectivity index (χ2v) is 4.68. The number of carboxylic acid groups (broad SMARTS) is 1. The van der Waals surface area contributed by atoms with Crippen LogP contribution in [0.1, 0.15) is 17.2 Å². The first-order valence-electron chi connectivity index (χ1n) is 4.75. The Balaban J connectivity index is 2.95. The van der Waals surface area contributed by atoms with Crippen LogP contribution in [0.25, 0.3) is 0 Å². The zero-order chi connectivity index (χ0) is 12.3. The molecule has 1 unspecified atom stereocenters. The molecule has 0 heterocycles. The fourth-order valence-corrected chi connectivity index (χ4v) is 1.87. The predicted octanol–water partition coefficient (Wildman–Crippen LogP) is 1.63. The summed E-state index contributed by atoms with van der Waals surface area (Å²) < 4.78 is 0.805. The maximum Gasteiger partial charge on any atom is 0.337 e. The van der Waals surface area contributed by atoms with Crippen molar-refractivity contribution in [2.45, 2.75) is 12.6 Å². The maximum atomic E-state index is 10.6. The first kappa shape index (κ1) is 13.2. The molecule has 0 saturated heterocycles. The number of halogens is 1. The van der Waals surface area contributed by atoms with Crippen molar-refractivity contribution in [2.75, 3.05) is 14.1 Å². The summed E-state index contributed by atoms with van der Waals surface area (Å²) >= 11 is 3.36. The standard InChI is InChI=1S/C11H14BrNO3/c1-13(2)6-8-4-3-7(5-9(8)12)10(14)11(15)16/h3-5,10,14H,6H2,1-2H3,(H,15,16). The zero-order valence-electron chi connectivity index (χ0n) is 9.14. The van der Waals surface area contributed by atoms with Crippen LogP contribution in [0.5, 0.6) is 0 Å². The molecule has 1 aromatic carbocycles. The minimum atomic E-state index is -1.47. The van der Waals surface area contributed by atoms with Gasteiger partial charge in [0.25, 0.3) is 0 Å². The normalized spacial score (nSPS) is 12.8. The summed E-state index contributed by atoms with van der Waals surface area (Å²) in [5.74, 6) is -1.24. The largest absolute Gasteiger partial charge is 0.479 e. The summed E-state index contributed by atoms with van der Waals surface area (Å²) in [5.41, 5.74) is 1.42. The first-order chi connectivity index (χ1) is 7.41. The van der Waals surface area contributed by atoms with Gasteiger partial charge in [-0.1, -0.05) is 28.1 Å². The molecule has 0 bridgehead atoms. The second-order valence-electron chi connectivity index (χ2n) is 3.83. The van der Waals surface area contributed by atoms with Crippen LogP contribution in [0, 0.1) is 0 Å². The molecular formula is C11H14BrNO3. The van der Waals surface area contributed by atoms with Crippen LogP contribution in [0.4, 0.5) is 0 Å². The molecule has 0 aliphatic rings. The van der Waals surface area contributed by atoms with Gasteiger partial charge < -0.3 is 15.1 Å². The number of aliphatic carboxylic acids is 1. The van der Waals surface area contributed by atoms with E-state index in [1.165, 1.54) is 0 Å². The van der Waals surface area contributed by atoms with Crippen molar-refractivity contribution < 1.29 is 15.0 Å². The number of aliphatic hydroxyl groups is 1. The van der Waals surface area contributed by atoms with E-state index in [9.17, 15) is 9.90 Å². The molecular weight excluding hydrogens is 274 g/mol. The van der Waals surface area contributed by atoms with Crippen molar-refractivity contribution in [3.8, 4) is 0 Å². The van der Waals surface area contributed by atoms with Gasteiger partial charge in [0.05, 0.1) is 0 Å². The number of hydrogen-bond donors (Lipinski definition) is 2. The molecule has 0 aliphatic carbocycles. The molecule has 4 nitrogen and oxygen atoms in total. The highest BCUT2D eigenvalue weighted by Crippen LogP contribution is 2.23. The molecule has 0 fully saturated rings. The highest BCUT2D eigenvalue weighted by Gasteiger charge is 2.16. The number of rotatable bonds is 4. The average Bonchev–Trinajstić information content (AvgIpc) is 2.19. The lowest BCUT2D eigenvalue weighted by Crippen LogP contribution is -2.13. The molecule has 0 radical (unpaired) electrons. The van der Waals surface area contributed by atoms with Gasteiger partial charge in [-0.2, -0.15) is 0 Å². The van der Waals surface area contributed by atoms with Crippen molar-refractivity contribution in [3.63, 3.8) is 0 Å². The molecule has 0 aliphatic heterocycles. The van der Waals surface area contributed by atoms with Crippen molar-refractivity contribution in [3.05, 3.63) is 33.8 Å². The van der Waals surface area contributed by atoms with Crippen LogP contribution < -0.4 is 0 Å². The third kappa shape index (κ3) is 3.30. The summed E-state index contributed by atoms with van der Waals surface area (Å²) in [6.45, 7) is 0.754. The molecule has 0 saturated carbocycles. The quantitative estimate of drug-likeness (QED) is 0.884. The number of nitrogens with zero attached hydrogens (tertiary/aromatic N) is 1. The van der Waals surface area contributed by atoms with Gasteiger partial charge in [0, 0.05) is 11.0 Å². The van der Waals surface area contributed by atoms with E-state index in [-0.39, 0.29) is 0 Å². The summed E-state index contributed by atoms with van der Waals surface area (Å²) in [6, 6.07) is 5.07. The predicted molar refractivity (Wildman–Crippen MR) is 64.1 cm³/mol. The Morgan fingerprint density at radius 2 is 2.12 bits per heavy atom. The third-order valence-corrected chi connectivity index (χ3v) is 2.85. The Morgan fingerprint density at radius 1 is 1.50 bits per heavy atom. The summed E-state index contributed by atoms with van der Waals surface area (Å²) in [6.07, 6.45) is -1.47. The minimum absolute atomic E-state index is 0.377. The Hall–Kier alpha value is -0.910. The lowest BCUT2D eigenvalue weighted by molar-refractivity contribution is -0.146. The Bertz CT molecular complexity index is 393. The molecule has 0 spiro atoms. The smallest absolute Gasteiger partial charge is 0.337 e. The van der Waals surface area contributed by atoms with E-state index in [0.29, 0.717) is 5.56 Å². The lowest BCUT2D eigenvalue weighted by Gasteiger charge is -2.13. The van der Waals surface area contributed by atoms with Crippen LogP contribution in [-0.2, 0) is 11.3 Å². The molecule has 0 aromatic heterocycles. The lowest BCUT2D eigenvalue weighted by atomic mass is 10.1. The van der Waals surface area contributed by atoms with Gasteiger partial charge in [-0.15, -0.1) is 0 Å². The SMILES string of the molecule is CN(C)Cc1ccc(C(O)C(=O)O)cc1Br. The van der Waals surface area contributed by atoms with Crippen LogP contribution in [-0.4, -0.2) is 35.2 Å². The van der Waals surface area contributed by atoms with Crippen LogP contribution in [0.3, 0.4) is 0 Å². The van der Waals surface area contributed by atoms with Crippen LogP contribution in [0.15, 0.2) is 22.7 Å². The first-order valence-corrected chi connectivity index (χ1v) is 5.55. The monoisotopic (exact) mass is 287 g/mol. The Labute approximate surface area is 103 Å². The van der Waals surface area contributed by atoms with E-state index >= 15 is 0 Å². The van der Waals surface area contributed by atoms with Gasteiger partial charge in [0.2, 0.25) is 0 Å². The molecule has 0 amide bonds. The molecule has 88 valence electrons. The number of aliphatic hydroxyl groups excluding tert-OH is 1. The van der Waals surface area contributed by atoms with E-state index in [4.69, 9.17) is 5.11 Å². The van der Waals surface area contributed by atoms with Gasteiger partial charge in [-0.05, 0) is 31.3 Å². The van der Waals surface area contributed by atoms with E-state index in [1.54, 1.807) is 12.1 Å². The second kappa shape index (κ2) is 5.43. The van der Waals surface area contributed by atoms with E-state index in [0.717, 1.165) is 16.6 Å². The molecule has 1 aromatic rings. The van der Waals surface area contributed by atoms with Crippen LogP contribution in [0.2, 0.25) is 0 Å². The van der Waals surface area contributed by atoms with Crippen molar-refractivity contribution >= 4 is 21.9 Å². The molecule has 1 atom stereocenters. The number of carboxylic acids is 1. The summed E-state index contributed by atoms with van der Waals surface area (Å²) in [7, 11) is 3.90. The van der Waals surface area contributed by atoms with E-state index < -0.39 is 12.1 Å². The molecule has 16 heavy (non-hydrogen) atoms. The van der Waals surface area contributed by atoms with Crippen LogP contribution >= 0.6 is 15.9 Å².